The molecule has 0 amide bonds. The number of carboxylic acids is 1. The minimum atomic E-state index is -1.02. The molecule has 180 valence electrons. The quantitative estimate of drug-likeness (QED) is 0.509. The lowest BCUT2D eigenvalue weighted by Gasteiger charge is -2.26. The first kappa shape index (κ1) is 24.2. The zero-order valence-electron chi connectivity index (χ0n) is 19.5. The number of carboxylic acid groups (broad SMARTS) is 1. The van der Waals surface area contributed by atoms with Gasteiger partial charge in [0, 0.05) is 5.56 Å². The smallest absolute Gasteiger partial charge is 0.338 e. The Labute approximate surface area is 205 Å². The number of rotatable bonds is 7. The van der Waals surface area contributed by atoms with Crippen molar-refractivity contribution in [3.63, 3.8) is 0 Å². The summed E-state index contributed by atoms with van der Waals surface area (Å²) in [4.78, 5) is 42.8. The highest BCUT2D eigenvalue weighted by Crippen LogP contribution is 2.35. The van der Waals surface area contributed by atoms with Crippen LogP contribution in [0.25, 0.3) is 6.08 Å². The topological polar surface area (TPSA) is 107 Å². The average molecular weight is 493 g/mol. The predicted molar refractivity (Wildman–Crippen MR) is 131 cm³/mol. The predicted octanol–water partition coefficient (Wildman–Crippen LogP) is 2.90. The van der Waals surface area contributed by atoms with E-state index < -0.39 is 18.0 Å². The van der Waals surface area contributed by atoms with E-state index in [1.165, 1.54) is 28.0 Å². The minimum absolute atomic E-state index is 0.158. The largest absolute Gasteiger partial charge is 0.494 e. The lowest BCUT2D eigenvalue weighted by Crippen LogP contribution is -2.40. The van der Waals surface area contributed by atoms with Crippen LogP contribution >= 0.6 is 11.3 Å². The monoisotopic (exact) mass is 492 g/mol. The van der Waals surface area contributed by atoms with Gasteiger partial charge in [0.05, 0.1) is 34.6 Å². The Kier molecular flexibility index (Phi) is 6.97. The van der Waals surface area contributed by atoms with Crippen LogP contribution in [0.15, 0.2) is 69.6 Å². The van der Waals surface area contributed by atoms with Crippen LogP contribution in [0.5, 0.6) is 5.75 Å². The Morgan fingerprint density at radius 1 is 1.11 bits per heavy atom. The molecule has 0 spiro atoms. The van der Waals surface area contributed by atoms with Gasteiger partial charge in [-0.25, -0.2) is 14.6 Å². The number of aromatic nitrogens is 1. The summed E-state index contributed by atoms with van der Waals surface area (Å²) in [7, 11) is 0. The van der Waals surface area contributed by atoms with E-state index >= 15 is 0 Å². The fraction of sp³-hybridized carbons (Fsp3) is 0.231. The van der Waals surface area contributed by atoms with E-state index in [1.807, 2.05) is 25.1 Å². The number of para-hydroxylation sites is 1. The molecule has 1 unspecified atom stereocenters. The third-order valence-corrected chi connectivity index (χ3v) is 6.47. The van der Waals surface area contributed by atoms with Gasteiger partial charge in [0.25, 0.3) is 5.56 Å². The van der Waals surface area contributed by atoms with Crippen LogP contribution < -0.4 is 19.6 Å². The number of esters is 1. The van der Waals surface area contributed by atoms with Gasteiger partial charge < -0.3 is 14.6 Å². The maximum absolute atomic E-state index is 13.7. The number of ether oxygens (including phenoxy) is 2. The van der Waals surface area contributed by atoms with Crippen LogP contribution in [-0.2, 0) is 9.53 Å². The van der Waals surface area contributed by atoms with E-state index in [1.54, 1.807) is 38.1 Å². The number of hydrogen-bond donors (Lipinski definition) is 1. The molecule has 1 N–H and O–H groups in total. The van der Waals surface area contributed by atoms with E-state index in [2.05, 4.69) is 4.99 Å². The highest BCUT2D eigenvalue weighted by molar-refractivity contribution is 7.07. The maximum atomic E-state index is 13.7. The van der Waals surface area contributed by atoms with Crippen LogP contribution in [0.3, 0.4) is 0 Å². The van der Waals surface area contributed by atoms with Crippen molar-refractivity contribution in [3.05, 3.63) is 96.2 Å². The Morgan fingerprint density at radius 2 is 1.83 bits per heavy atom. The van der Waals surface area contributed by atoms with Crippen molar-refractivity contribution in [2.24, 2.45) is 4.99 Å². The number of carbonyl (C=O) groups excluding carboxylic acids is 1. The number of fused-ring (bicyclic) bond motifs is 1. The van der Waals surface area contributed by atoms with Gasteiger partial charge in [-0.3, -0.25) is 9.36 Å². The molecule has 3 aromatic rings. The first-order valence-electron chi connectivity index (χ1n) is 11.1. The van der Waals surface area contributed by atoms with Crippen molar-refractivity contribution < 1.29 is 24.2 Å². The van der Waals surface area contributed by atoms with Gasteiger partial charge in [-0.1, -0.05) is 41.7 Å². The van der Waals surface area contributed by atoms with E-state index in [9.17, 15) is 14.4 Å². The molecule has 1 aliphatic heterocycles. The van der Waals surface area contributed by atoms with Gasteiger partial charge in [0.15, 0.2) is 4.80 Å². The Hall–Kier alpha value is -3.98. The highest BCUT2D eigenvalue weighted by Gasteiger charge is 2.35. The molecule has 0 aliphatic carbocycles. The van der Waals surface area contributed by atoms with Gasteiger partial charge in [-0.05, 0) is 50.6 Å². The lowest BCUT2D eigenvalue weighted by atomic mass is 9.95. The first-order chi connectivity index (χ1) is 16.8. The number of thiazole rings is 1. The van der Waals surface area contributed by atoms with Crippen molar-refractivity contribution in [2.45, 2.75) is 26.8 Å². The molecule has 0 radical (unpaired) electrons. The van der Waals surface area contributed by atoms with Crippen LogP contribution in [0.4, 0.5) is 0 Å². The summed E-state index contributed by atoms with van der Waals surface area (Å²) in [6.45, 7) is 5.92. The molecule has 0 bridgehead atoms. The molecule has 0 fully saturated rings. The molecule has 1 aromatic heterocycles. The summed E-state index contributed by atoms with van der Waals surface area (Å²) >= 11 is 1.20. The second-order valence-electron chi connectivity index (χ2n) is 7.70. The van der Waals surface area contributed by atoms with E-state index in [0.717, 1.165) is 0 Å². The highest BCUT2D eigenvalue weighted by atomic mass is 32.1. The van der Waals surface area contributed by atoms with Gasteiger partial charge in [-0.15, -0.1) is 0 Å². The van der Waals surface area contributed by atoms with Crippen LogP contribution in [0.1, 0.15) is 48.3 Å². The second kappa shape index (κ2) is 10.1. The van der Waals surface area contributed by atoms with Gasteiger partial charge in [0.1, 0.15) is 11.8 Å². The summed E-state index contributed by atoms with van der Waals surface area (Å²) < 4.78 is 13.1. The third kappa shape index (κ3) is 4.67. The van der Waals surface area contributed by atoms with E-state index in [0.29, 0.717) is 38.5 Å². The molecule has 2 heterocycles. The summed E-state index contributed by atoms with van der Waals surface area (Å²) in [5.41, 5.74) is 1.92. The summed E-state index contributed by atoms with van der Waals surface area (Å²) in [6.07, 6.45) is 1.68. The molecule has 35 heavy (non-hydrogen) atoms. The number of benzene rings is 2. The maximum Gasteiger partial charge on any atom is 0.338 e. The van der Waals surface area contributed by atoms with Crippen molar-refractivity contribution >= 4 is 29.4 Å². The van der Waals surface area contributed by atoms with Crippen LogP contribution in [0, 0.1) is 0 Å². The number of aromatic carboxylic acids is 1. The molecule has 1 atom stereocenters. The van der Waals surface area contributed by atoms with Crippen LogP contribution in [0.2, 0.25) is 0 Å². The molecular weight excluding hydrogens is 468 g/mol. The number of allylic oxidation sites excluding steroid dienone is 1. The first-order valence-corrected chi connectivity index (χ1v) is 11.9. The Bertz CT molecular complexity index is 1500. The van der Waals surface area contributed by atoms with Crippen molar-refractivity contribution in [1.29, 1.82) is 0 Å². The fourth-order valence-electron chi connectivity index (χ4n) is 3.95. The van der Waals surface area contributed by atoms with Crippen molar-refractivity contribution in [2.75, 3.05) is 13.2 Å². The number of hydrogen-bond acceptors (Lipinski definition) is 7. The Morgan fingerprint density at radius 3 is 2.49 bits per heavy atom. The SMILES string of the molecule is CCOC(=O)C1=C(C)N=c2s/c(=C\c3ccc(C(=O)O)cc3)c(=O)n2C1c1ccccc1OCC. The molecule has 4 rings (SSSR count). The molecule has 1 aliphatic rings. The molecular formula is C26H24N2O6S. The normalized spacial score (nSPS) is 15.4. The van der Waals surface area contributed by atoms with Gasteiger partial charge in [0.2, 0.25) is 0 Å². The molecule has 0 saturated heterocycles. The van der Waals surface area contributed by atoms with Gasteiger partial charge >= 0.3 is 11.9 Å². The number of nitrogens with zero attached hydrogens (tertiary/aromatic N) is 2. The summed E-state index contributed by atoms with van der Waals surface area (Å²) in [6, 6.07) is 12.8. The minimum Gasteiger partial charge on any atom is -0.494 e. The molecule has 0 saturated carbocycles. The average Bonchev–Trinajstić information content (AvgIpc) is 3.13. The number of carbonyl (C=O) groups is 2. The van der Waals surface area contributed by atoms with Gasteiger partial charge in [-0.2, -0.15) is 0 Å². The molecule has 8 nitrogen and oxygen atoms in total. The molecule has 2 aromatic carbocycles. The lowest BCUT2D eigenvalue weighted by molar-refractivity contribution is -0.139. The zero-order chi connectivity index (χ0) is 25.1. The summed E-state index contributed by atoms with van der Waals surface area (Å²) in [5.74, 6) is -0.996. The van der Waals surface area contributed by atoms with E-state index in [4.69, 9.17) is 14.6 Å². The Balaban J connectivity index is 1.94. The van der Waals surface area contributed by atoms with Crippen molar-refractivity contribution in [1.82, 2.24) is 4.57 Å². The van der Waals surface area contributed by atoms with Crippen molar-refractivity contribution in [3.8, 4) is 5.75 Å². The fourth-order valence-corrected chi connectivity index (χ4v) is 5.00. The molecule has 9 heteroatoms. The second-order valence-corrected chi connectivity index (χ2v) is 8.71. The van der Waals surface area contributed by atoms with E-state index in [-0.39, 0.29) is 23.3 Å². The third-order valence-electron chi connectivity index (χ3n) is 5.49. The standard InChI is InChI=1S/C26H24N2O6S/c1-4-33-19-9-7-6-8-18(19)22-21(25(32)34-5-2)15(3)27-26-28(22)23(29)20(35-26)14-16-10-12-17(13-11-16)24(30)31/h6-14,22H,4-5H2,1-3H3,(H,30,31)/b20-14-. The summed E-state index contributed by atoms with van der Waals surface area (Å²) in [5, 5.41) is 9.12. The zero-order valence-corrected chi connectivity index (χ0v) is 20.3. The van der Waals surface area contributed by atoms with Crippen LogP contribution in [-0.4, -0.2) is 34.8 Å².